The molecule has 0 N–H and O–H groups in total. The summed E-state index contributed by atoms with van der Waals surface area (Å²) >= 11 is 5.68. The van der Waals surface area contributed by atoms with E-state index in [2.05, 4.69) is 0 Å². The zero-order chi connectivity index (χ0) is 9.26. The lowest BCUT2D eigenvalue weighted by Crippen LogP contribution is -2.09. The highest BCUT2D eigenvalue weighted by Gasteiger charge is 2.31. The fourth-order valence-corrected chi connectivity index (χ4v) is 1.15. The van der Waals surface area contributed by atoms with Gasteiger partial charge in [0.25, 0.3) is 0 Å². The molecule has 0 atom stereocenters. The van der Waals surface area contributed by atoms with E-state index < -0.39 is 0 Å². The molecule has 0 amide bonds. The average Bonchev–Trinajstić information content (AvgIpc) is 2.91. The second-order valence-corrected chi connectivity index (χ2v) is 3.59. The predicted octanol–water partition coefficient (Wildman–Crippen LogP) is 2.66. The van der Waals surface area contributed by atoms with Crippen molar-refractivity contribution in [1.82, 2.24) is 0 Å². The summed E-state index contributed by atoms with van der Waals surface area (Å²) in [4.78, 5) is 11.2. The minimum Gasteiger partial charge on any atom is -0.426 e. The zero-order valence-corrected chi connectivity index (χ0v) is 7.75. The number of hydrogen-bond acceptors (Lipinski definition) is 2. The number of halogens is 1. The Kier molecular flexibility index (Phi) is 2.23. The summed E-state index contributed by atoms with van der Waals surface area (Å²) < 4.78 is 5.10. The molecule has 2 nitrogen and oxygen atoms in total. The maximum absolute atomic E-state index is 11.2. The zero-order valence-electron chi connectivity index (χ0n) is 7.00. The van der Waals surface area contributed by atoms with Gasteiger partial charge in [0.1, 0.15) is 5.75 Å². The number of esters is 1. The number of carbonyl (C=O) groups is 1. The van der Waals surface area contributed by atoms with E-state index in [0.29, 0.717) is 10.8 Å². The third-order valence-electron chi connectivity index (χ3n) is 1.94. The SMILES string of the molecule is O=C(Oc1ccc(Cl)cc1)C1CC1. The standard InChI is InChI=1S/C10H9ClO2/c11-8-3-5-9(6-4-8)13-10(12)7-1-2-7/h3-7H,1-2H2. The van der Waals surface area contributed by atoms with E-state index in [1.807, 2.05) is 0 Å². The molecule has 0 unspecified atom stereocenters. The maximum atomic E-state index is 11.2. The molecule has 13 heavy (non-hydrogen) atoms. The summed E-state index contributed by atoms with van der Waals surface area (Å²) in [6, 6.07) is 6.80. The van der Waals surface area contributed by atoms with Crippen LogP contribution in [-0.4, -0.2) is 5.97 Å². The number of carbonyl (C=O) groups excluding carboxylic acids is 1. The highest BCUT2D eigenvalue weighted by Crippen LogP contribution is 2.30. The molecule has 2 rings (SSSR count). The number of rotatable bonds is 2. The lowest BCUT2D eigenvalue weighted by molar-refractivity contribution is -0.135. The highest BCUT2D eigenvalue weighted by atomic mass is 35.5. The molecule has 0 spiro atoms. The topological polar surface area (TPSA) is 26.3 Å². The molecule has 0 radical (unpaired) electrons. The van der Waals surface area contributed by atoms with E-state index in [9.17, 15) is 4.79 Å². The van der Waals surface area contributed by atoms with Gasteiger partial charge < -0.3 is 4.74 Å². The van der Waals surface area contributed by atoms with Crippen LogP contribution < -0.4 is 4.74 Å². The Balaban J connectivity index is 2.00. The van der Waals surface area contributed by atoms with Gasteiger partial charge in [0.05, 0.1) is 5.92 Å². The van der Waals surface area contributed by atoms with E-state index >= 15 is 0 Å². The van der Waals surface area contributed by atoms with Gasteiger partial charge in [0.2, 0.25) is 0 Å². The van der Waals surface area contributed by atoms with Gasteiger partial charge in [-0.1, -0.05) is 11.6 Å². The smallest absolute Gasteiger partial charge is 0.314 e. The van der Waals surface area contributed by atoms with Gasteiger partial charge in [0.15, 0.2) is 0 Å². The van der Waals surface area contributed by atoms with Crippen LogP contribution in [0.4, 0.5) is 0 Å². The predicted molar refractivity (Wildman–Crippen MR) is 49.8 cm³/mol. The van der Waals surface area contributed by atoms with Crippen LogP contribution in [0.15, 0.2) is 24.3 Å². The van der Waals surface area contributed by atoms with Crippen molar-refractivity contribution in [2.24, 2.45) is 5.92 Å². The minimum absolute atomic E-state index is 0.123. The first-order valence-electron chi connectivity index (χ1n) is 4.23. The summed E-state index contributed by atoms with van der Waals surface area (Å²) in [5.41, 5.74) is 0. The molecule has 1 aromatic rings. The molecule has 1 saturated carbocycles. The van der Waals surface area contributed by atoms with Crippen LogP contribution in [0.3, 0.4) is 0 Å². The van der Waals surface area contributed by atoms with Crippen molar-refractivity contribution in [3.05, 3.63) is 29.3 Å². The fourth-order valence-electron chi connectivity index (χ4n) is 1.02. The van der Waals surface area contributed by atoms with E-state index in [1.165, 1.54) is 0 Å². The molecule has 0 aromatic heterocycles. The van der Waals surface area contributed by atoms with Crippen LogP contribution in [0.5, 0.6) is 5.75 Å². The molecular formula is C10H9ClO2. The maximum Gasteiger partial charge on any atom is 0.314 e. The molecule has 0 aliphatic heterocycles. The van der Waals surface area contributed by atoms with Crippen molar-refractivity contribution in [3.63, 3.8) is 0 Å². The third-order valence-corrected chi connectivity index (χ3v) is 2.19. The molecule has 0 heterocycles. The second kappa shape index (κ2) is 3.38. The first-order valence-corrected chi connectivity index (χ1v) is 4.61. The molecule has 1 aromatic carbocycles. The van der Waals surface area contributed by atoms with Crippen molar-refractivity contribution in [1.29, 1.82) is 0 Å². The number of ether oxygens (including phenoxy) is 1. The summed E-state index contributed by atoms with van der Waals surface area (Å²) in [5, 5.41) is 0.645. The first kappa shape index (κ1) is 8.57. The van der Waals surface area contributed by atoms with E-state index in [4.69, 9.17) is 16.3 Å². The van der Waals surface area contributed by atoms with Crippen molar-refractivity contribution in [2.75, 3.05) is 0 Å². The summed E-state index contributed by atoms with van der Waals surface area (Å²) in [7, 11) is 0. The Morgan fingerprint density at radius 3 is 2.46 bits per heavy atom. The quantitative estimate of drug-likeness (QED) is 0.537. The van der Waals surface area contributed by atoms with Crippen molar-refractivity contribution >= 4 is 17.6 Å². The molecule has 68 valence electrons. The van der Waals surface area contributed by atoms with Crippen LogP contribution in [0.1, 0.15) is 12.8 Å². The minimum atomic E-state index is -0.123. The fraction of sp³-hybridized carbons (Fsp3) is 0.300. The number of hydrogen-bond donors (Lipinski definition) is 0. The lowest BCUT2D eigenvalue weighted by atomic mass is 10.3. The molecular weight excluding hydrogens is 188 g/mol. The van der Waals surface area contributed by atoms with Crippen LogP contribution in [0, 0.1) is 5.92 Å². The molecule has 0 saturated heterocycles. The summed E-state index contributed by atoms with van der Waals surface area (Å²) in [6.45, 7) is 0. The molecule has 1 aliphatic rings. The van der Waals surface area contributed by atoms with Crippen LogP contribution in [0.2, 0.25) is 5.02 Å². The van der Waals surface area contributed by atoms with E-state index in [0.717, 1.165) is 12.8 Å². The Hall–Kier alpha value is -1.02. The van der Waals surface area contributed by atoms with Gasteiger partial charge in [0, 0.05) is 5.02 Å². The van der Waals surface area contributed by atoms with E-state index in [1.54, 1.807) is 24.3 Å². The molecule has 0 bridgehead atoms. The van der Waals surface area contributed by atoms with Crippen molar-refractivity contribution in [2.45, 2.75) is 12.8 Å². The Morgan fingerprint density at radius 1 is 1.31 bits per heavy atom. The first-order chi connectivity index (χ1) is 6.25. The van der Waals surface area contributed by atoms with Gasteiger partial charge >= 0.3 is 5.97 Å². The number of benzene rings is 1. The van der Waals surface area contributed by atoms with Crippen LogP contribution in [0.25, 0.3) is 0 Å². The normalized spacial score (nSPS) is 15.5. The molecule has 1 fully saturated rings. The highest BCUT2D eigenvalue weighted by molar-refractivity contribution is 6.30. The van der Waals surface area contributed by atoms with Gasteiger partial charge in [-0.15, -0.1) is 0 Å². The van der Waals surface area contributed by atoms with Crippen molar-refractivity contribution < 1.29 is 9.53 Å². The Bertz CT molecular complexity index is 314. The Morgan fingerprint density at radius 2 is 1.92 bits per heavy atom. The van der Waals surface area contributed by atoms with Crippen molar-refractivity contribution in [3.8, 4) is 5.75 Å². The average molecular weight is 197 g/mol. The summed E-state index contributed by atoms with van der Waals surface area (Å²) in [5.74, 6) is 0.583. The lowest BCUT2D eigenvalue weighted by Gasteiger charge is -2.01. The van der Waals surface area contributed by atoms with E-state index in [-0.39, 0.29) is 11.9 Å². The third kappa shape index (κ3) is 2.22. The van der Waals surface area contributed by atoms with Crippen LogP contribution in [-0.2, 0) is 4.79 Å². The van der Waals surface area contributed by atoms with Gasteiger partial charge in [-0.2, -0.15) is 0 Å². The van der Waals surface area contributed by atoms with Gasteiger partial charge in [-0.25, -0.2) is 0 Å². The largest absolute Gasteiger partial charge is 0.426 e. The molecule has 1 aliphatic carbocycles. The molecule has 3 heteroatoms. The second-order valence-electron chi connectivity index (χ2n) is 3.15. The van der Waals surface area contributed by atoms with Crippen LogP contribution >= 0.6 is 11.6 Å². The Labute approximate surface area is 81.5 Å². The monoisotopic (exact) mass is 196 g/mol. The van der Waals surface area contributed by atoms with Gasteiger partial charge in [-0.05, 0) is 37.1 Å². The van der Waals surface area contributed by atoms with Gasteiger partial charge in [-0.3, -0.25) is 4.79 Å². The summed E-state index contributed by atoms with van der Waals surface area (Å²) in [6.07, 6.45) is 1.93.